The minimum absolute atomic E-state index is 1.01. The molecule has 1 aromatic rings. The van der Waals surface area contributed by atoms with Gasteiger partial charge in [0, 0.05) is 5.54 Å². The van der Waals surface area contributed by atoms with Gasteiger partial charge < -0.3 is 0 Å². The summed E-state index contributed by atoms with van der Waals surface area (Å²) in [5.41, 5.74) is 1.54. The van der Waals surface area contributed by atoms with Gasteiger partial charge >= 0.3 is 0 Å². The van der Waals surface area contributed by atoms with Crippen LogP contribution in [0, 0.1) is 0 Å². The summed E-state index contributed by atoms with van der Waals surface area (Å²) in [5, 5.41) is 2.03. The van der Waals surface area contributed by atoms with Crippen molar-refractivity contribution in [1.82, 2.24) is 0 Å². The third kappa shape index (κ3) is 1.58. The fourth-order valence-corrected chi connectivity index (χ4v) is 0.736. The highest BCUT2D eigenvalue weighted by atomic mass is 35.5. The van der Waals surface area contributed by atoms with Crippen molar-refractivity contribution >= 4 is 23.7 Å². The predicted octanol–water partition coefficient (Wildman–Crippen LogP) is 1.07. The second kappa shape index (κ2) is 2.70. The van der Waals surface area contributed by atoms with Crippen molar-refractivity contribution in [2.45, 2.75) is 0 Å². The molecule has 0 aliphatic heterocycles. The van der Waals surface area contributed by atoms with E-state index in [1.807, 2.05) is 24.3 Å². The molecule has 1 aromatic carbocycles. The number of rotatable bonds is 0. The van der Waals surface area contributed by atoms with Gasteiger partial charge in [-0.15, -0.1) is 0 Å². The van der Waals surface area contributed by atoms with E-state index in [0.29, 0.717) is 0 Å². The molecule has 0 amide bonds. The molecule has 0 atom stereocenters. The van der Waals surface area contributed by atoms with Gasteiger partial charge in [0.1, 0.15) is 0 Å². The van der Waals surface area contributed by atoms with Crippen molar-refractivity contribution in [2.24, 2.45) is 0 Å². The topological polar surface area (TPSA) is 0 Å². The van der Waals surface area contributed by atoms with Crippen molar-refractivity contribution in [2.75, 3.05) is 0 Å². The second-order valence-electron chi connectivity index (χ2n) is 1.85. The zero-order valence-electron chi connectivity index (χ0n) is 4.97. The highest BCUT2D eigenvalue weighted by Crippen LogP contribution is 1.73. The minimum atomic E-state index is 1.01. The summed E-state index contributed by atoms with van der Waals surface area (Å²) in [6, 6.07) is 7.70. The molecule has 0 saturated carbocycles. The summed E-state index contributed by atoms with van der Waals surface area (Å²) in [4.78, 5) is 0. The molecular formula is C8H7Cl. The van der Waals surface area contributed by atoms with Crippen LogP contribution in [0.2, 0.25) is 0 Å². The molecule has 0 saturated heterocycles. The molecule has 1 rings (SSSR count). The lowest BCUT2D eigenvalue weighted by molar-refractivity contribution is 1.57. The standard InChI is InChI=1S/C8H7Cl/c1-7-2-4-8(6-9)5-3-7/h2-6H,1H2. The summed E-state index contributed by atoms with van der Waals surface area (Å²) >= 11 is 5.43. The van der Waals surface area contributed by atoms with Crippen LogP contribution in [0.4, 0.5) is 0 Å². The van der Waals surface area contributed by atoms with Gasteiger partial charge in [0.25, 0.3) is 0 Å². The van der Waals surface area contributed by atoms with Gasteiger partial charge in [-0.05, 0) is 10.4 Å². The SMILES string of the molecule is C=c1ccc(=CCl)cc1. The van der Waals surface area contributed by atoms with Gasteiger partial charge in [0.15, 0.2) is 0 Å². The van der Waals surface area contributed by atoms with Crippen LogP contribution in [0.3, 0.4) is 0 Å². The molecule has 0 aliphatic carbocycles. The van der Waals surface area contributed by atoms with Gasteiger partial charge in [-0.3, -0.25) is 0 Å². The van der Waals surface area contributed by atoms with Crippen LogP contribution in [0.25, 0.3) is 12.1 Å². The number of hydrogen-bond donors (Lipinski definition) is 0. The van der Waals surface area contributed by atoms with Gasteiger partial charge in [0.05, 0.1) is 0 Å². The van der Waals surface area contributed by atoms with E-state index in [9.17, 15) is 0 Å². The van der Waals surface area contributed by atoms with Crippen molar-refractivity contribution < 1.29 is 0 Å². The fourth-order valence-electron chi connectivity index (χ4n) is 0.590. The molecule has 0 nitrogen and oxygen atoms in total. The number of halogens is 1. The van der Waals surface area contributed by atoms with Crippen molar-refractivity contribution in [3.63, 3.8) is 0 Å². The van der Waals surface area contributed by atoms with Crippen LogP contribution in [0.5, 0.6) is 0 Å². The molecule has 0 bridgehead atoms. The van der Waals surface area contributed by atoms with Crippen molar-refractivity contribution in [1.29, 1.82) is 0 Å². The van der Waals surface area contributed by atoms with E-state index in [2.05, 4.69) is 6.58 Å². The van der Waals surface area contributed by atoms with E-state index in [0.717, 1.165) is 10.4 Å². The normalized spacial score (nSPS) is 9.00. The Balaban J connectivity index is 3.34. The molecule has 0 aromatic heterocycles. The molecular weight excluding hydrogens is 132 g/mol. The summed E-state index contributed by atoms with van der Waals surface area (Å²) in [6.07, 6.45) is 0. The van der Waals surface area contributed by atoms with E-state index in [-0.39, 0.29) is 0 Å². The molecule has 1 heteroatoms. The lowest BCUT2D eigenvalue weighted by atomic mass is 10.3. The third-order valence-corrected chi connectivity index (χ3v) is 1.36. The molecule has 0 aliphatic rings. The highest BCUT2D eigenvalue weighted by Gasteiger charge is 1.73. The monoisotopic (exact) mass is 138 g/mol. The summed E-state index contributed by atoms with van der Waals surface area (Å²) in [7, 11) is 0. The maximum Gasteiger partial charge on any atom is 0.0115 e. The van der Waals surface area contributed by atoms with E-state index in [4.69, 9.17) is 11.6 Å². The third-order valence-electron chi connectivity index (χ3n) is 1.11. The quantitative estimate of drug-likeness (QED) is 0.503. The van der Waals surface area contributed by atoms with Crippen molar-refractivity contribution in [3.05, 3.63) is 34.7 Å². The maximum atomic E-state index is 5.43. The summed E-state index contributed by atoms with van der Waals surface area (Å²) in [6.45, 7) is 3.74. The van der Waals surface area contributed by atoms with Gasteiger partial charge in [0.2, 0.25) is 0 Å². The average Bonchev–Trinajstić information content (AvgIpc) is 1.90. The molecule has 0 radical (unpaired) electrons. The Morgan fingerprint density at radius 2 is 1.78 bits per heavy atom. The first kappa shape index (κ1) is 6.37. The largest absolute Gasteiger partial charge is 0.0923 e. The number of hydrogen-bond acceptors (Lipinski definition) is 0. The van der Waals surface area contributed by atoms with Crippen LogP contribution in [-0.2, 0) is 0 Å². The maximum absolute atomic E-state index is 5.43. The van der Waals surface area contributed by atoms with Crippen LogP contribution >= 0.6 is 11.6 Å². The fraction of sp³-hybridized carbons (Fsp3) is 0. The average molecular weight is 139 g/mol. The molecule has 0 heterocycles. The first-order valence-corrected chi connectivity index (χ1v) is 3.12. The Kier molecular flexibility index (Phi) is 1.91. The first-order valence-electron chi connectivity index (χ1n) is 2.68. The molecule has 0 N–H and O–H groups in total. The molecule has 0 fully saturated rings. The Hall–Kier alpha value is -0.750. The Morgan fingerprint density at radius 1 is 1.22 bits per heavy atom. The van der Waals surface area contributed by atoms with E-state index >= 15 is 0 Å². The van der Waals surface area contributed by atoms with Crippen LogP contribution < -0.4 is 10.4 Å². The Labute approximate surface area is 59.1 Å². The Bertz CT molecular complexity index is 264. The minimum Gasteiger partial charge on any atom is -0.0923 e. The van der Waals surface area contributed by atoms with Gasteiger partial charge in [-0.2, -0.15) is 0 Å². The van der Waals surface area contributed by atoms with E-state index in [1.54, 1.807) is 5.54 Å². The predicted molar refractivity (Wildman–Crippen MR) is 41.5 cm³/mol. The smallest absolute Gasteiger partial charge is 0.0115 e. The highest BCUT2D eigenvalue weighted by molar-refractivity contribution is 6.38. The lowest BCUT2D eigenvalue weighted by Crippen LogP contribution is -2.03. The van der Waals surface area contributed by atoms with Crippen LogP contribution in [0.1, 0.15) is 0 Å². The zero-order valence-corrected chi connectivity index (χ0v) is 5.73. The van der Waals surface area contributed by atoms with Crippen LogP contribution in [0.15, 0.2) is 24.3 Å². The molecule has 0 spiro atoms. The molecule has 0 unspecified atom stereocenters. The molecule has 9 heavy (non-hydrogen) atoms. The first-order chi connectivity index (χ1) is 4.33. The van der Waals surface area contributed by atoms with Gasteiger partial charge in [-0.1, -0.05) is 42.4 Å². The second-order valence-corrected chi connectivity index (χ2v) is 2.07. The number of benzene rings is 1. The zero-order chi connectivity index (χ0) is 6.69. The molecule has 46 valence electrons. The summed E-state index contributed by atoms with van der Waals surface area (Å²) in [5.74, 6) is 0. The summed E-state index contributed by atoms with van der Waals surface area (Å²) < 4.78 is 0. The van der Waals surface area contributed by atoms with Gasteiger partial charge in [-0.25, -0.2) is 0 Å². The van der Waals surface area contributed by atoms with E-state index < -0.39 is 0 Å². The van der Waals surface area contributed by atoms with Crippen molar-refractivity contribution in [3.8, 4) is 0 Å². The Morgan fingerprint density at radius 3 is 2.22 bits per heavy atom. The van der Waals surface area contributed by atoms with E-state index in [1.165, 1.54) is 0 Å². The lowest BCUT2D eigenvalue weighted by Gasteiger charge is -1.80. The van der Waals surface area contributed by atoms with Crippen LogP contribution in [-0.4, -0.2) is 0 Å².